The number of hydrogen-bond acceptors (Lipinski definition) is 6. The van der Waals surface area contributed by atoms with Gasteiger partial charge in [-0.05, 0) is 43.0 Å². The van der Waals surface area contributed by atoms with Crippen molar-refractivity contribution in [1.29, 1.82) is 0 Å². The molecule has 1 saturated carbocycles. The highest BCUT2D eigenvalue weighted by Gasteiger charge is 2.44. The lowest BCUT2D eigenvalue weighted by atomic mass is 9.89. The highest BCUT2D eigenvalue weighted by Crippen LogP contribution is 2.32. The molecule has 0 bridgehead atoms. The third-order valence-corrected chi connectivity index (χ3v) is 6.23. The van der Waals surface area contributed by atoms with Crippen LogP contribution in [-0.4, -0.2) is 46.7 Å². The minimum Gasteiger partial charge on any atom is -0.382 e. The number of ether oxygens (including phenoxy) is 1. The van der Waals surface area contributed by atoms with Crippen molar-refractivity contribution in [2.24, 2.45) is 0 Å². The fraction of sp³-hybridized carbons (Fsp3) is 0.333. The molecule has 32 heavy (non-hydrogen) atoms. The highest BCUT2D eigenvalue weighted by atomic mass is 16.5. The number of nitrogens with zero attached hydrogens (tertiary/aromatic N) is 1. The molecule has 5 rings (SSSR count). The minimum atomic E-state index is -0.953. The first kappa shape index (κ1) is 20.4. The molecule has 2 heterocycles. The topological polar surface area (TPSA) is 105 Å². The molecule has 3 aliphatic rings. The van der Waals surface area contributed by atoms with E-state index in [1.165, 1.54) is 0 Å². The van der Waals surface area contributed by atoms with Crippen molar-refractivity contribution in [2.75, 3.05) is 5.32 Å². The summed E-state index contributed by atoms with van der Waals surface area (Å²) in [6.45, 7) is 0.587. The summed E-state index contributed by atoms with van der Waals surface area (Å²) in [6, 6.07) is 14.4. The van der Waals surface area contributed by atoms with Gasteiger partial charge >= 0.3 is 0 Å². The van der Waals surface area contributed by atoms with Gasteiger partial charge in [0, 0.05) is 18.2 Å². The molecule has 164 valence electrons. The molecule has 1 unspecified atom stereocenters. The van der Waals surface area contributed by atoms with Gasteiger partial charge in [-0.2, -0.15) is 0 Å². The summed E-state index contributed by atoms with van der Waals surface area (Å²) < 4.78 is 5.93. The predicted octanol–water partition coefficient (Wildman–Crippen LogP) is 2.25. The van der Waals surface area contributed by atoms with E-state index in [0.717, 1.165) is 29.0 Å². The van der Waals surface area contributed by atoms with Crippen molar-refractivity contribution in [1.82, 2.24) is 10.2 Å². The van der Waals surface area contributed by atoms with Crippen LogP contribution in [0.1, 0.15) is 52.0 Å². The Bertz CT molecular complexity index is 1090. The maximum atomic E-state index is 12.9. The summed E-state index contributed by atoms with van der Waals surface area (Å²) in [4.78, 5) is 50.2. The normalized spacial score (nSPS) is 24.8. The number of imide groups is 2. The number of anilines is 1. The predicted molar refractivity (Wildman–Crippen MR) is 115 cm³/mol. The van der Waals surface area contributed by atoms with Crippen LogP contribution in [0, 0.1) is 0 Å². The van der Waals surface area contributed by atoms with Crippen LogP contribution in [-0.2, 0) is 20.9 Å². The molecule has 8 nitrogen and oxygen atoms in total. The Hall–Kier alpha value is -3.52. The Kier molecular flexibility index (Phi) is 5.22. The Morgan fingerprint density at radius 3 is 2.47 bits per heavy atom. The zero-order chi connectivity index (χ0) is 22.2. The van der Waals surface area contributed by atoms with Crippen LogP contribution >= 0.6 is 0 Å². The van der Waals surface area contributed by atoms with Gasteiger partial charge in [0.1, 0.15) is 6.04 Å². The number of amides is 4. The van der Waals surface area contributed by atoms with Crippen molar-refractivity contribution < 1.29 is 23.9 Å². The van der Waals surface area contributed by atoms with Gasteiger partial charge in [-0.15, -0.1) is 0 Å². The first-order chi connectivity index (χ1) is 15.5. The van der Waals surface area contributed by atoms with Crippen molar-refractivity contribution in [3.63, 3.8) is 0 Å². The standard InChI is InChI=1S/C24H23N3O5/c28-21-9-8-20(22(29)26-21)27-23(30)18-7-6-15(12-19(18)24(27)31)25-16-10-17(11-16)32-13-14-4-2-1-3-5-14/h1-7,12,16-17,20,25H,8-11,13H2,(H,26,28,29). The van der Waals surface area contributed by atoms with E-state index in [-0.39, 0.29) is 42.0 Å². The molecule has 0 radical (unpaired) electrons. The lowest BCUT2D eigenvalue weighted by Crippen LogP contribution is -2.54. The van der Waals surface area contributed by atoms with Gasteiger partial charge in [-0.1, -0.05) is 30.3 Å². The third kappa shape index (κ3) is 3.78. The molecule has 1 aliphatic carbocycles. The molecule has 0 aromatic heterocycles. The monoisotopic (exact) mass is 433 g/mol. The van der Waals surface area contributed by atoms with E-state index in [2.05, 4.69) is 10.6 Å². The van der Waals surface area contributed by atoms with Gasteiger partial charge in [0.15, 0.2) is 0 Å². The molecular weight excluding hydrogens is 410 g/mol. The Morgan fingerprint density at radius 1 is 0.969 bits per heavy atom. The van der Waals surface area contributed by atoms with Crippen LogP contribution in [0.25, 0.3) is 0 Å². The van der Waals surface area contributed by atoms with Gasteiger partial charge in [0.2, 0.25) is 11.8 Å². The maximum Gasteiger partial charge on any atom is 0.262 e. The maximum absolute atomic E-state index is 12.9. The van der Waals surface area contributed by atoms with Gasteiger partial charge < -0.3 is 10.1 Å². The number of piperidine rings is 1. The van der Waals surface area contributed by atoms with E-state index in [1.807, 2.05) is 30.3 Å². The molecular formula is C24H23N3O5. The number of carbonyl (C=O) groups excluding carboxylic acids is 4. The number of carbonyl (C=O) groups is 4. The second kappa shape index (κ2) is 8.20. The number of benzene rings is 2. The van der Waals surface area contributed by atoms with E-state index in [0.29, 0.717) is 6.61 Å². The summed E-state index contributed by atoms with van der Waals surface area (Å²) in [5.74, 6) is -1.99. The molecule has 2 aliphatic heterocycles. The minimum absolute atomic E-state index is 0.103. The molecule has 8 heteroatoms. The highest BCUT2D eigenvalue weighted by molar-refractivity contribution is 6.23. The zero-order valence-electron chi connectivity index (χ0n) is 17.4. The first-order valence-electron chi connectivity index (χ1n) is 10.8. The SMILES string of the molecule is O=C1CCC(N2C(=O)c3ccc(NC4CC(OCc5ccccc5)C4)cc3C2=O)C(=O)N1. The second-order valence-corrected chi connectivity index (χ2v) is 8.44. The van der Waals surface area contributed by atoms with Crippen LogP contribution in [0.5, 0.6) is 0 Å². The molecule has 2 N–H and O–H groups in total. The number of hydrogen-bond donors (Lipinski definition) is 2. The summed E-state index contributed by atoms with van der Waals surface area (Å²) in [6.07, 6.45) is 2.16. The van der Waals surface area contributed by atoms with Crippen molar-refractivity contribution in [3.05, 3.63) is 65.2 Å². The fourth-order valence-electron chi connectivity index (χ4n) is 4.40. The molecule has 1 atom stereocenters. The van der Waals surface area contributed by atoms with Gasteiger partial charge in [0.25, 0.3) is 11.8 Å². The van der Waals surface area contributed by atoms with Crippen molar-refractivity contribution in [3.8, 4) is 0 Å². The Balaban J connectivity index is 1.19. The van der Waals surface area contributed by atoms with Crippen LogP contribution in [0.3, 0.4) is 0 Å². The quantitative estimate of drug-likeness (QED) is 0.677. The average molecular weight is 433 g/mol. The second-order valence-electron chi connectivity index (χ2n) is 8.44. The van der Waals surface area contributed by atoms with Gasteiger partial charge in [-0.25, -0.2) is 0 Å². The number of nitrogens with one attached hydrogen (secondary N) is 2. The Labute approximate surface area is 184 Å². The van der Waals surface area contributed by atoms with E-state index in [4.69, 9.17) is 4.74 Å². The average Bonchev–Trinajstić information content (AvgIpc) is 3.00. The lowest BCUT2D eigenvalue weighted by molar-refractivity contribution is -0.136. The summed E-state index contributed by atoms with van der Waals surface area (Å²) in [5, 5.41) is 5.60. The fourth-order valence-corrected chi connectivity index (χ4v) is 4.40. The van der Waals surface area contributed by atoms with Gasteiger partial charge in [0.05, 0.1) is 23.8 Å². The molecule has 4 amide bonds. The van der Waals surface area contributed by atoms with E-state index < -0.39 is 23.8 Å². The van der Waals surface area contributed by atoms with Crippen LogP contribution in [0.2, 0.25) is 0 Å². The first-order valence-corrected chi connectivity index (χ1v) is 10.8. The van der Waals surface area contributed by atoms with Crippen molar-refractivity contribution >= 4 is 29.3 Å². The number of fused-ring (bicyclic) bond motifs is 1. The molecule has 1 saturated heterocycles. The Morgan fingerprint density at radius 2 is 1.72 bits per heavy atom. The zero-order valence-corrected chi connectivity index (χ0v) is 17.4. The number of rotatable bonds is 6. The lowest BCUT2D eigenvalue weighted by Gasteiger charge is -2.36. The van der Waals surface area contributed by atoms with Crippen molar-refractivity contribution in [2.45, 2.75) is 50.5 Å². The third-order valence-electron chi connectivity index (χ3n) is 6.23. The van der Waals surface area contributed by atoms with Crippen LogP contribution < -0.4 is 10.6 Å². The smallest absolute Gasteiger partial charge is 0.262 e. The van der Waals surface area contributed by atoms with Crippen LogP contribution in [0.4, 0.5) is 5.69 Å². The van der Waals surface area contributed by atoms with E-state index in [1.54, 1.807) is 18.2 Å². The molecule has 2 aromatic rings. The summed E-state index contributed by atoms with van der Waals surface area (Å²) in [5.41, 5.74) is 2.46. The molecule has 0 spiro atoms. The summed E-state index contributed by atoms with van der Waals surface area (Å²) in [7, 11) is 0. The summed E-state index contributed by atoms with van der Waals surface area (Å²) >= 11 is 0. The molecule has 2 fully saturated rings. The van der Waals surface area contributed by atoms with Gasteiger partial charge in [-0.3, -0.25) is 29.4 Å². The van der Waals surface area contributed by atoms with E-state index >= 15 is 0 Å². The van der Waals surface area contributed by atoms with Crippen LogP contribution in [0.15, 0.2) is 48.5 Å². The molecule has 2 aromatic carbocycles. The van der Waals surface area contributed by atoms with E-state index in [9.17, 15) is 19.2 Å². The largest absolute Gasteiger partial charge is 0.382 e.